The van der Waals surface area contributed by atoms with E-state index < -0.39 is 11.5 Å². The SMILES string of the molecule is CC1CC(C2CCC2)CC(C)CC(N2C3CCC(C)C2CC(n2c(=O)c(C(=O)O)nc4ccccc42)C3)C1. The number of carboxylic acid groups (broad SMARTS) is 1. The maximum Gasteiger partial charge on any atom is 0.360 e. The summed E-state index contributed by atoms with van der Waals surface area (Å²) >= 11 is 0. The second kappa shape index (κ2) is 10.4. The Labute approximate surface area is 226 Å². The van der Waals surface area contributed by atoms with E-state index in [1.807, 2.05) is 24.3 Å². The topological polar surface area (TPSA) is 75.4 Å². The number of benzene rings is 1. The molecule has 0 radical (unpaired) electrons. The van der Waals surface area contributed by atoms with Crippen LogP contribution in [0.15, 0.2) is 29.1 Å². The lowest BCUT2D eigenvalue weighted by molar-refractivity contribution is -0.0601. The number of nitrogens with zero attached hydrogens (tertiary/aromatic N) is 3. The maximum absolute atomic E-state index is 13.5. The molecule has 6 nitrogen and oxygen atoms in total. The molecule has 2 saturated heterocycles. The number of fused-ring (bicyclic) bond motifs is 3. The van der Waals surface area contributed by atoms with E-state index in [1.165, 1.54) is 57.8 Å². The van der Waals surface area contributed by atoms with Gasteiger partial charge in [-0.2, -0.15) is 0 Å². The van der Waals surface area contributed by atoms with Crippen molar-refractivity contribution in [2.45, 2.75) is 116 Å². The zero-order valence-electron chi connectivity index (χ0n) is 23.4. The lowest BCUT2D eigenvalue weighted by Gasteiger charge is -2.56. The van der Waals surface area contributed by atoms with Gasteiger partial charge in [-0.25, -0.2) is 9.78 Å². The van der Waals surface area contributed by atoms with Crippen molar-refractivity contribution >= 4 is 17.0 Å². The molecule has 1 aromatic carbocycles. The summed E-state index contributed by atoms with van der Waals surface area (Å²) in [6.07, 6.45) is 13.9. The molecular formula is C32H45N3O3. The molecule has 4 fully saturated rings. The molecule has 206 valence electrons. The summed E-state index contributed by atoms with van der Waals surface area (Å²) in [5, 5.41) is 9.75. The second-order valence-corrected chi connectivity index (χ2v) is 13.5. The van der Waals surface area contributed by atoms with Gasteiger partial charge >= 0.3 is 5.97 Å². The summed E-state index contributed by atoms with van der Waals surface area (Å²) < 4.78 is 1.80. The van der Waals surface area contributed by atoms with Crippen molar-refractivity contribution in [2.24, 2.45) is 29.6 Å². The van der Waals surface area contributed by atoms with Gasteiger partial charge in [0.15, 0.2) is 0 Å². The molecule has 38 heavy (non-hydrogen) atoms. The van der Waals surface area contributed by atoms with Crippen LogP contribution in [0.3, 0.4) is 0 Å². The van der Waals surface area contributed by atoms with Crippen LogP contribution in [0.25, 0.3) is 11.0 Å². The number of aromatic nitrogens is 2. The number of aromatic carboxylic acids is 1. The summed E-state index contributed by atoms with van der Waals surface area (Å²) in [6.45, 7) is 7.39. The highest BCUT2D eigenvalue weighted by atomic mass is 16.4. The summed E-state index contributed by atoms with van der Waals surface area (Å²) in [4.78, 5) is 32.6. The van der Waals surface area contributed by atoms with Crippen molar-refractivity contribution < 1.29 is 9.90 Å². The van der Waals surface area contributed by atoms with Gasteiger partial charge in [0.05, 0.1) is 11.0 Å². The molecule has 3 heterocycles. The van der Waals surface area contributed by atoms with Crippen LogP contribution in [0.4, 0.5) is 0 Å². The molecule has 6 rings (SSSR count). The Balaban J connectivity index is 1.30. The van der Waals surface area contributed by atoms with Gasteiger partial charge in [0.1, 0.15) is 0 Å². The molecule has 6 atom stereocenters. The highest BCUT2D eigenvalue weighted by molar-refractivity contribution is 5.88. The smallest absolute Gasteiger partial charge is 0.360 e. The third-order valence-corrected chi connectivity index (χ3v) is 10.8. The summed E-state index contributed by atoms with van der Waals surface area (Å²) in [5.41, 5.74) is 0.555. The summed E-state index contributed by atoms with van der Waals surface area (Å²) in [6, 6.07) is 9.05. The Morgan fingerprint density at radius 2 is 1.55 bits per heavy atom. The number of hydrogen-bond acceptors (Lipinski definition) is 4. The molecule has 0 spiro atoms. The maximum atomic E-state index is 13.5. The zero-order valence-corrected chi connectivity index (χ0v) is 23.4. The first-order valence-electron chi connectivity index (χ1n) is 15.3. The first-order chi connectivity index (χ1) is 18.3. The third-order valence-electron chi connectivity index (χ3n) is 10.8. The quantitative estimate of drug-likeness (QED) is 0.497. The van der Waals surface area contributed by atoms with Crippen molar-refractivity contribution in [3.05, 3.63) is 40.3 Å². The van der Waals surface area contributed by atoms with Gasteiger partial charge in [0, 0.05) is 24.2 Å². The third kappa shape index (κ3) is 4.71. The van der Waals surface area contributed by atoms with E-state index in [0.29, 0.717) is 29.6 Å². The number of carboxylic acids is 1. The number of rotatable bonds is 4. The van der Waals surface area contributed by atoms with Crippen LogP contribution in [0.2, 0.25) is 0 Å². The van der Waals surface area contributed by atoms with Crippen LogP contribution >= 0.6 is 0 Å². The van der Waals surface area contributed by atoms with Crippen LogP contribution < -0.4 is 5.56 Å². The minimum absolute atomic E-state index is 0.00824. The summed E-state index contributed by atoms with van der Waals surface area (Å²) in [5.74, 6) is 2.77. The Kier molecular flexibility index (Phi) is 7.13. The number of para-hydroxylation sites is 2. The van der Waals surface area contributed by atoms with E-state index >= 15 is 0 Å². The lowest BCUT2D eigenvalue weighted by atomic mass is 9.66. The fourth-order valence-electron chi connectivity index (χ4n) is 8.97. The summed E-state index contributed by atoms with van der Waals surface area (Å²) in [7, 11) is 0. The largest absolute Gasteiger partial charge is 0.476 e. The van der Waals surface area contributed by atoms with E-state index in [1.54, 1.807) is 4.57 Å². The van der Waals surface area contributed by atoms with Gasteiger partial charge in [-0.1, -0.05) is 52.2 Å². The highest BCUT2D eigenvalue weighted by Gasteiger charge is 2.46. The van der Waals surface area contributed by atoms with Gasteiger partial charge in [-0.05, 0) is 93.1 Å². The first kappa shape index (κ1) is 26.0. The van der Waals surface area contributed by atoms with Crippen molar-refractivity contribution in [2.75, 3.05) is 0 Å². The minimum atomic E-state index is -1.24. The highest BCUT2D eigenvalue weighted by Crippen LogP contribution is 2.48. The Morgan fingerprint density at radius 1 is 0.842 bits per heavy atom. The standard InChI is InChI=1S/C32H45N3O3/c1-19-13-23(22-7-6-8-22)14-20(2)16-25(15-19)34-24-12-11-21(3)29(34)18-26(17-24)35-28-10-5-4-9-27(28)33-30(31(35)36)32(37)38/h4-5,9-10,19-26,29H,6-8,11-18H2,1-3H3,(H,37,38). The number of hydrogen-bond donors (Lipinski definition) is 1. The molecule has 6 unspecified atom stereocenters. The van der Waals surface area contributed by atoms with Crippen LogP contribution in [0, 0.1) is 29.6 Å². The fraction of sp³-hybridized carbons (Fsp3) is 0.719. The van der Waals surface area contributed by atoms with Crippen molar-refractivity contribution in [1.82, 2.24) is 14.5 Å². The lowest BCUT2D eigenvalue weighted by Crippen LogP contribution is -2.60. The molecule has 1 aromatic heterocycles. The van der Waals surface area contributed by atoms with E-state index in [9.17, 15) is 14.7 Å². The molecule has 2 saturated carbocycles. The van der Waals surface area contributed by atoms with Crippen molar-refractivity contribution in [3.63, 3.8) is 0 Å². The van der Waals surface area contributed by atoms with Crippen LogP contribution in [0.1, 0.15) is 108 Å². The van der Waals surface area contributed by atoms with E-state index in [2.05, 4.69) is 30.7 Å². The van der Waals surface area contributed by atoms with Gasteiger partial charge < -0.3 is 9.67 Å². The van der Waals surface area contributed by atoms with Crippen LogP contribution in [-0.2, 0) is 0 Å². The molecule has 2 aliphatic carbocycles. The van der Waals surface area contributed by atoms with Gasteiger partial charge in [0.25, 0.3) is 5.56 Å². The van der Waals surface area contributed by atoms with Gasteiger partial charge in [-0.3, -0.25) is 9.69 Å². The Morgan fingerprint density at radius 3 is 2.21 bits per heavy atom. The molecule has 1 N–H and O–H groups in total. The van der Waals surface area contributed by atoms with Crippen molar-refractivity contribution in [1.29, 1.82) is 0 Å². The van der Waals surface area contributed by atoms with Gasteiger partial charge in [-0.15, -0.1) is 0 Å². The van der Waals surface area contributed by atoms with E-state index in [0.717, 1.165) is 42.0 Å². The molecule has 2 aromatic rings. The molecule has 2 bridgehead atoms. The molecule has 0 amide bonds. The average Bonchev–Trinajstić information content (AvgIpc) is 2.83. The Bertz CT molecular complexity index is 1220. The molecule has 6 heteroatoms. The number of carbonyl (C=O) groups is 1. The zero-order chi connectivity index (χ0) is 26.6. The van der Waals surface area contributed by atoms with Crippen LogP contribution in [0.5, 0.6) is 0 Å². The van der Waals surface area contributed by atoms with E-state index in [-0.39, 0.29) is 11.7 Å². The van der Waals surface area contributed by atoms with Gasteiger partial charge in [0.2, 0.25) is 5.69 Å². The Hall–Kier alpha value is -2.21. The van der Waals surface area contributed by atoms with Crippen LogP contribution in [-0.4, -0.2) is 43.7 Å². The molecule has 4 aliphatic rings. The molecule has 2 aliphatic heterocycles. The predicted molar refractivity (Wildman–Crippen MR) is 150 cm³/mol. The minimum Gasteiger partial charge on any atom is -0.476 e. The van der Waals surface area contributed by atoms with E-state index in [4.69, 9.17) is 0 Å². The predicted octanol–water partition coefficient (Wildman–Crippen LogP) is 6.53. The number of piperidine rings is 2. The molecular weight excluding hydrogens is 474 g/mol. The van der Waals surface area contributed by atoms with Crippen molar-refractivity contribution in [3.8, 4) is 0 Å². The average molecular weight is 520 g/mol. The first-order valence-corrected chi connectivity index (χ1v) is 15.3. The normalized spacial score (nSPS) is 36.8. The fourth-order valence-corrected chi connectivity index (χ4v) is 8.97. The monoisotopic (exact) mass is 519 g/mol. The second-order valence-electron chi connectivity index (χ2n) is 13.5.